The molecule has 0 unspecified atom stereocenters. The number of anilines is 2. The first-order valence-corrected chi connectivity index (χ1v) is 10.1. The average Bonchev–Trinajstić information content (AvgIpc) is 3.60. The van der Waals surface area contributed by atoms with Crippen molar-refractivity contribution in [1.29, 1.82) is 0 Å². The number of benzene rings is 2. The van der Waals surface area contributed by atoms with Gasteiger partial charge in [-0.15, -0.1) is 0 Å². The van der Waals surface area contributed by atoms with Crippen molar-refractivity contribution in [1.82, 2.24) is 14.5 Å². The molecule has 0 radical (unpaired) electrons. The van der Waals surface area contributed by atoms with Crippen molar-refractivity contribution in [2.24, 2.45) is 0 Å². The molecule has 5 rings (SSSR count). The molecule has 154 valence electrons. The van der Waals surface area contributed by atoms with Gasteiger partial charge in [-0.2, -0.15) is 0 Å². The van der Waals surface area contributed by atoms with Gasteiger partial charge >= 0.3 is 5.97 Å². The number of fused-ring (bicyclic) bond motifs is 1. The highest BCUT2D eigenvalue weighted by Gasteiger charge is 2.26. The Balaban J connectivity index is 1.53. The zero-order valence-corrected chi connectivity index (χ0v) is 16.9. The number of aromatic carboxylic acids is 1. The Morgan fingerprint density at radius 2 is 1.90 bits per heavy atom. The molecule has 0 aliphatic heterocycles. The van der Waals surface area contributed by atoms with E-state index in [1.807, 2.05) is 47.9 Å². The Morgan fingerprint density at radius 1 is 1.13 bits per heavy atom. The fraction of sp³-hybridized carbons (Fsp3) is 0.167. The number of aromatic nitrogens is 3. The molecule has 2 aromatic heterocycles. The number of hydrogen-bond acceptors (Lipinski definition) is 5. The Hall–Kier alpha value is -4.00. The number of pyridine rings is 1. The molecular weight excluding hydrogens is 392 g/mol. The van der Waals surface area contributed by atoms with E-state index in [1.165, 1.54) is 11.8 Å². The Morgan fingerprint density at radius 3 is 2.61 bits per heavy atom. The Bertz CT molecular complexity index is 1370. The van der Waals surface area contributed by atoms with Crippen LogP contribution >= 0.6 is 0 Å². The molecule has 1 aliphatic rings. The molecule has 2 heterocycles. The summed E-state index contributed by atoms with van der Waals surface area (Å²) in [6.45, 7) is 2.04. The second kappa shape index (κ2) is 7.36. The van der Waals surface area contributed by atoms with E-state index in [9.17, 15) is 14.7 Å². The van der Waals surface area contributed by atoms with Crippen LogP contribution in [0.4, 0.5) is 11.6 Å². The van der Waals surface area contributed by atoms with Crippen molar-refractivity contribution in [2.45, 2.75) is 25.8 Å². The van der Waals surface area contributed by atoms with Gasteiger partial charge in [-0.1, -0.05) is 29.8 Å². The minimum absolute atomic E-state index is 0.200. The van der Waals surface area contributed by atoms with Crippen LogP contribution in [0.2, 0.25) is 0 Å². The monoisotopic (exact) mass is 412 g/mol. The first kappa shape index (κ1) is 19.0. The number of nitrogens with zero attached hydrogens (tertiary/aromatic N) is 3. The van der Waals surface area contributed by atoms with Crippen molar-refractivity contribution in [3.8, 4) is 11.3 Å². The topological polar surface area (TPSA) is 97.1 Å². The molecule has 0 amide bonds. The molecule has 4 aromatic rings. The molecule has 2 aromatic carbocycles. The van der Waals surface area contributed by atoms with Crippen molar-refractivity contribution in [3.05, 3.63) is 82.3 Å². The largest absolute Gasteiger partial charge is 0.477 e. The van der Waals surface area contributed by atoms with Crippen LogP contribution in [-0.4, -0.2) is 25.6 Å². The van der Waals surface area contributed by atoms with Gasteiger partial charge in [0.15, 0.2) is 0 Å². The zero-order chi connectivity index (χ0) is 21.5. The van der Waals surface area contributed by atoms with Gasteiger partial charge in [0.25, 0.3) is 0 Å². The number of carboxylic acid groups (broad SMARTS) is 1. The van der Waals surface area contributed by atoms with Crippen LogP contribution < -0.4 is 10.7 Å². The van der Waals surface area contributed by atoms with Crippen molar-refractivity contribution in [2.75, 3.05) is 5.32 Å². The van der Waals surface area contributed by atoms with E-state index in [4.69, 9.17) is 0 Å². The molecule has 0 atom stereocenters. The summed E-state index contributed by atoms with van der Waals surface area (Å²) in [5, 5.41) is 13.0. The van der Waals surface area contributed by atoms with E-state index in [1.54, 1.807) is 18.3 Å². The highest BCUT2D eigenvalue weighted by Crippen LogP contribution is 2.37. The summed E-state index contributed by atoms with van der Waals surface area (Å²) in [4.78, 5) is 33.0. The summed E-state index contributed by atoms with van der Waals surface area (Å²) in [5.74, 6) is -0.760. The minimum atomic E-state index is -1.20. The lowest BCUT2D eigenvalue weighted by Gasteiger charge is -2.13. The maximum Gasteiger partial charge on any atom is 0.341 e. The molecule has 31 heavy (non-hydrogen) atoms. The number of aryl methyl sites for hydroxylation is 1. The van der Waals surface area contributed by atoms with E-state index >= 15 is 0 Å². The Kier molecular flexibility index (Phi) is 4.51. The summed E-state index contributed by atoms with van der Waals surface area (Å²) in [6.07, 6.45) is 5.10. The smallest absolute Gasteiger partial charge is 0.341 e. The van der Waals surface area contributed by atoms with Crippen molar-refractivity contribution >= 4 is 28.5 Å². The van der Waals surface area contributed by atoms with E-state index in [2.05, 4.69) is 15.3 Å². The van der Waals surface area contributed by atoms with E-state index < -0.39 is 11.4 Å². The molecule has 2 N–H and O–H groups in total. The van der Waals surface area contributed by atoms with Crippen molar-refractivity contribution in [3.63, 3.8) is 0 Å². The van der Waals surface area contributed by atoms with E-state index in [-0.39, 0.29) is 11.6 Å². The lowest BCUT2D eigenvalue weighted by atomic mass is 10.1. The van der Waals surface area contributed by atoms with Gasteiger partial charge in [-0.3, -0.25) is 4.79 Å². The third-order valence-electron chi connectivity index (χ3n) is 5.46. The fourth-order valence-electron chi connectivity index (χ4n) is 3.67. The molecule has 7 heteroatoms. The van der Waals surface area contributed by atoms with Crippen molar-refractivity contribution < 1.29 is 9.90 Å². The first-order valence-electron chi connectivity index (χ1n) is 10.1. The number of rotatable bonds is 5. The third-order valence-corrected chi connectivity index (χ3v) is 5.46. The number of hydrogen-bond donors (Lipinski definition) is 2. The molecule has 0 spiro atoms. The lowest BCUT2D eigenvalue weighted by Crippen LogP contribution is -2.18. The number of carbonyl (C=O) groups is 1. The Labute approximate surface area is 178 Å². The second-order valence-electron chi connectivity index (χ2n) is 7.80. The minimum Gasteiger partial charge on any atom is -0.477 e. The van der Waals surface area contributed by atoms with Gasteiger partial charge in [0, 0.05) is 35.1 Å². The van der Waals surface area contributed by atoms with Crippen LogP contribution in [-0.2, 0) is 0 Å². The van der Waals surface area contributed by atoms with Crippen LogP contribution in [0.25, 0.3) is 22.2 Å². The van der Waals surface area contributed by atoms with Gasteiger partial charge in [-0.05, 0) is 44.0 Å². The standard InChI is InChI=1S/C24H20N4O3/c1-14-2-4-15(5-3-14)20-10-11-25-24(27-20)26-16-6-9-18-21(12-16)28(17-7-8-17)13-19(22(18)29)23(30)31/h2-6,9-13,17H,7-8H2,1H3,(H,30,31)(H,25,26,27). The van der Waals surface area contributed by atoms with Crippen LogP contribution in [0.5, 0.6) is 0 Å². The molecule has 1 aliphatic carbocycles. The predicted octanol–water partition coefficient (Wildman–Crippen LogP) is 4.54. The second-order valence-corrected chi connectivity index (χ2v) is 7.80. The lowest BCUT2D eigenvalue weighted by molar-refractivity contribution is 0.0695. The van der Waals surface area contributed by atoms with Gasteiger partial charge < -0.3 is 15.0 Å². The summed E-state index contributed by atoms with van der Waals surface area (Å²) in [6, 6.07) is 15.4. The van der Waals surface area contributed by atoms with Gasteiger partial charge in [-0.25, -0.2) is 14.8 Å². The molecule has 7 nitrogen and oxygen atoms in total. The summed E-state index contributed by atoms with van der Waals surface area (Å²) >= 11 is 0. The molecule has 1 fully saturated rings. The first-order chi connectivity index (χ1) is 15.0. The normalized spacial score (nSPS) is 13.3. The van der Waals surface area contributed by atoms with Crippen LogP contribution in [0.3, 0.4) is 0 Å². The fourth-order valence-corrected chi connectivity index (χ4v) is 3.67. The van der Waals surface area contributed by atoms with Gasteiger partial charge in [0.1, 0.15) is 5.56 Å². The molecule has 0 bridgehead atoms. The number of nitrogens with one attached hydrogen (secondary N) is 1. The molecule has 1 saturated carbocycles. The molecular formula is C24H20N4O3. The maximum atomic E-state index is 12.6. The van der Waals surface area contributed by atoms with E-state index in [0.29, 0.717) is 16.9 Å². The predicted molar refractivity (Wildman–Crippen MR) is 119 cm³/mol. The van der Waals surface area contributed by atoms with Crippen LogP contribution in [0, 0.1) is 6.92 Å². The maximum absolute atomic E-state index is 12.6. The summed E-state index contributed by atoms with van der Waals surface area (Å²) in [7, 11) is 0. The summed E-state index contributed by atoms with van der Waals surface area (Å²) < 4.78 is 1.90. The van der Waals surface area contributed by atoms with Gasteiger partial charge in [0.05, 0.1) is 11.2 Å². The van der Waals surface area contributed by atoms with E-state index in [0.717, 1.165) is 29.8 Å². The van der Waals surface area contributed by atoms with Crippen LogP contribution in [0.1, 0.15) is 34.8 Å². The third kappa shape index (κ3) is 3.66. The zero-order valence-electron chi connectivity index (χ0n) is 16.9. The van der Waals surface area contributed by atoms with Gasteiger partial charge in [0.2, 0.25) is 11.4 Å². The summed E-state index contributed by atoms with van der Waals surface area (Å²) in [5.41, 5.74) is 3.75. The highest BCUT2D eigenvalue weighted by molar-refractivity contribution is 5.93. The number of carboxylic acids is 1. The highest BCUT2D eigenvalue weighted by atomic mass is 16.4. The SMILES string of the molecule is Cc1ccc(-c2ccnc(Nc3ccc4c(=O)c(C(=O)O)cn(C5CC5)c4c3)n2)cc1. The average molecular weight is 412 g/mol. The van der Waals surface area contributed by atoms with Crippen LogP contribution in [0.15, 0.2) is 65.7 Å². The quantitative estimate of drug-likeness (QED) is 0.499. The molecule has 0 saturated heterocycles.